The Kier molecular flexibility index (Phi) is 3.07. The summed E-state index contributed by atoms with van der Waals surface area (Å²) in [7, 11) is -0.269. The van der Waals surface area contributed by atoms with Crippen molar-refractivity contribution in [3.8, 4) is 0 Å². The summed E-state index contributed by atoms with van der Waals surface area (Å²) in [5, 5.41) is 0. The van der Waals surface area contributed by atoms with Gasteiger partial charge in [-0.3, -0.25) is 4.79 Å². The van der Waals surface area contributed by atoms with E-state index in [0.29, 0.717) is 6.61 Å². The van der Waals surface area contributed by atoms with Crippen molar-refractivity contribution < 1.29 is 18.8 Å². The van der Waals surface area contributed by atoms with Gasteiger partial charge in [-0.1, -0.05) is 6.08 Å². The third-order valence-electron chi connectivity index (χ3n) is 5.45. The highest BCUT2D eigenvalue weighted by Gasteiger charge is 2.54. The van der Waals surface area contributed by atoms with Gasteiger partial charge in [0.2, 0.25) is 0 Å². The largest absolute Gasteiger partial charge is 0.490 e. The van der Waals surface area contributed by atoms with Gasteiger partial charge < -0.3 is 14.0 Å². The van der Waals surface area contributed by atoms with E-state index in [4.69, 9.17) is 14.0 Å². The summed E-state index contributed by atoms with van der Waals surface area (Å²) in [6.07, 6.45) is 5.44. The average Bonchev–Trinajstić information content (AvgIpc) is 2.80. The number of carbonyl (C=O) groups excluding carboxylic acids is 1. The molecule has 2 fully saturated rings. The lowest BCUT2D eigenvalue weighted by Gasteiger charge is -2.32. The summed E-state index contributed by atoms with van der Waals surface area (Å²) in [4.78, 5) is 11.9. The fraction of sp³-hybridized carbons (Fsp3) is 0.800. The minimum Gasteiger partial charge on any atom is -0.465 e. The summed E-state index contributed by atoms with van der Waals surface area (Å²) in [5.41, 5.74) is 0.293. The quantitative estimate of drug-likeness (QED) is 0.546. The Bertz CT molecular complexity index is 452. The zero-order chi connectivity index (χ0) is 14.6. The number of esters is 1. The zero-order valence-corrected chi connectivity index (χ0v) is 12.8. The van der Waals surface area contributed by atoms with Crippen LogP contribution in [0, 0.1) is 5.41 Å². The molecule has 0 bridgehead atoms. The van der Waals surface area contributed by atoms with Crippen LogP contribution in [0.4, 0.5) is 0 Å². The average molecular weight is 278 g/mol. The number of allylic oxidation sites excluding steroid dienone is 2. The fourth-order valence-corrected chi connectivity index (χ4v) is 3.13. The molecule has 4 nitrogen and oxygen atoms in total. The maximum atomic E-state index is 11.9. The second kappa shape index (κ2) is 4.34. The molecule has 1 unspecified atom stereocenters. The van der Waals surface area contributed by atoms with Crippen LogP contribution in [0.15, 0.2) is 11.5 Å². The van der Waals surface area contributed by atoms with E-state index in [-0.39, 0.29) is 29.7 Å². The lowest BCUT2D eigenvalue weighted by molar-refractivity contribution is -0.146. The standard InChI is InChI=1S/C15H23BO4/c1-13(2)14(3,4)20-16(19-13)11-5-7-15(8-6-11)9-10-18-12(15)17/h5H,6-10H2,1-4H3. The molecule has 2 heterocycles. The normalized spacial score (nSPS) is 35.3. The summed E-state index contributed by atoms with van der Waals surface area (Å²) < 4.78 is 17.3. The Morgan fingerprint density at radius 1 is 1.10 bits per heavy atom. The van der Waals surface area contributed by atoms with Gasteiger partial charge in [0, 0.05) is 0 Å². The number of rotatable bonds is 1. The first-order valence-electron chi connectivity index (χ1n) is 7.48. The van der Waals surface area contributed by atoms with Crippen LogP contribution in [0.25, 0.3) is 0 Å². The molecule has 1 aliphatic carbocycles. The van der Waals surface area contributed by atoms with Gasteiger partial charge >= 0.3 is 13.1 Å². The van der Waals surface area contributed by atoms with Crippen LogP contribution in [0.1, 0.15) is 53.4 Å². The van der Waals surface area contributed by atoms with Crippen molar-refractivity contribution >= 4 is 13.1 Å². The van der Waals surface area contributed by atoms with Crippen molar-refractivity contribution in [3.05, 3.63) is 11.5 Å². The third kappa shape index (κ3) is 2.02. The summed E-state index contributed by atoms with van der Waals surface area (Å²) in [5.74, 6) is -0.0262. The Labute approximate surface area is 121 Å². The Morgan fingerprint density at radius 3 is 2.20 bits per heavy atom. The van der Waals surface area contributed by atoms with Crippen molar-refractivity contribution in [1.29, 1.82) is 0 Å². The topological polar surface area (TPSA) is 44.8 Å². The van der Waals surface area contributed by atoms with Gasteiger partial charge in [-0.2, -0.15) is 0 Å². The van der Waals surface area contributed by atoms with Crippen LogP contribution in [-0.2, 0) is 18.8 Å². The number of cyclic esters (lactones) is 1. The molecule has 3 rings (SSSR count). The molecule has 0 amide bonds. The van der Waals surface area contributed by atoms with Crippen LogP contribution >= 0.6 is 0 Å². The van der Waals surface area contributed by atoms with E-state index in [2.05, 4.69) is 33.8 Å². The fourth-order valence-electron chi connectivity index (χ4n) is 3.13. The van der Waals surface area contributed by atoms with Crippen LogP contribution in [0.5, 0.6) is 0 Å². The second-order valence-electron chi connectivity index (χ2n) is 7.24. The van der Waals surface area contributed by atoms with Crippen molar-refractivity contribution in [2.45, 2.75) is 64.6 Å². The summed E-state index contributed by atoms with van der Waals surface area (Å²) in [6.45, 7) is 8.81. The van der Waals surface area contributed by atoms with Gasteiger partial charge in [-0.05, 0) is 58.9 Å². The molecule has 3 aliphatic rings. The van der Waals surface area contributed by atoms with Gasteiger partial charge in [0.15, 0.2) is 0 Å². The minimum absolute atomic E-state index is 0.0262. The molecule has 1 atom stereocenters. The molecular formula is C15H23BO4. The molecule has 0 aromatic heterocycles. The molecule has 0 aromatic carbocycles. The van der Waals surface area contributed by atoms with Gasteiger partial charge in [-0.25, -0.2) is 0 Å². The lowest BCUT2D eigenvalue weighted by atomic mass is 9.65. The first-order chi connectivity index (χ1) is 9.26. The highest BCUT2D eigenvalue weighted by molar-refractivity contribution is 6.54. The van der Waals surface area contributed by atoms with E-state index in [1.807, 2.05) is 0 Å². The molecule has 0 saturated carbocycles. The van der Waals surface area contributed by atoms with E-state index in [1.54, 1.807) is 0 Å². The molecule has 2 aliphatic heterocycles. The van der Waals surface area contributed by atoms with Crippen molar-refractivity contribution in [1.82, 2.24) is 0 Å². The van der Waals surface area contributed by atoms with Gasteiger partial charge in [0.05, 0.1) is 23.2 Å². The predicted octanol–water partition coefficient (Wildman–Crippen LogP) is 2.66. The smallest absolute Gasteiger partial charge is 0.465 e. The zero-order valence-electron chi connectivity index (χ0n) is 12.8. The van der Waals surface area contributed by atoms with Crippen LogP contribution < -0.4 is 0 Å². The molecule has 0 radical (unpaired) electrons. The van der Waals surface area contributed by atoms with Gasteiger partial charge in [0.25, 0.3) is 0 Å². The molecule has 20 heavy (non-hydrogen) atoms. The molecule has 5 heteroatoms. The SMILES string of the molecule is CC1(C)OB(C2=CCC3(CCOC3=O)CC2)OC1(C)C. The number of hydrogen-bond donors (Lipinski definition) is 0. The minimum atomic E-state index is -0.306. The van der Waals surface area contributed by atoms with Gasteiger partial charge in [0.1, 0.15) is 0 Å². The van der Waals surface area contributed by atoms with E-state index in [9.17, 15) is 4.79 Å². The van der Waals surface area contributed by atoms with Crippen molar-refractivity contribution in [2.24, 2.45) is 5.41 Å². The summed E-state index contributed by atoms with van der Waals surface area (Å²) in [6, 6.07) is 0. The molecule has 0 N–H and O–H groups in total. The molecule has 0 aromatic rings. The molecule has 110 valence electrons. The molecule has 1 spiro atoms. The summed E-state index contributed by atoms with van der Waals surface area (Å²) >= 11 is 0. The van der Waals surface area contributed by atoms with E-state index < -0.39 is 0 Å². The second-order valence-corrected chi connectivity index (χ2v) is 7.24. The molecular weight excluding hydrogens is 255 g/mol. The lowest BCUT2D eigenvalue weighted by Crippen LogP contribution is -2.41. The van der Waals surface area contributed by atoms with E-state index >= 15 is 0 Å². The van der Waals surface area contributed by atoms with E-state index in [1.165, 1.54) is 5.47 Å². The third-order valence-corrected chi connectivity index (χ3v) is 5.45. The number of carbonyl (C=O) groups is 1. The highest BCUT2D eigenvalue weighted by atomic mass is 16.7. The van der Waals surface area contributed by atoms with Crippen LogP contribution in [0.3, 0.4) is 0 Å². The van der Waals surface area contributed by atoms with Crippen molar-refractivity contribution in [2.75, 3.05) is 6.61 Å². The van der Waals surface area contributed by atoms with Crippen LogP contribution in [-0.4, -0.2) is 30.9 Å². The maximum Gasteiger partial charge on any atom is 0.490 e. The van der Waals surface area contributed by atoms with E-state index in [0.717, 1.165) is 25.7 Å². The highest BCUT2D eigenvalue weighted by Crippen LogP contribution is 2.46. The number of hydrogen-bond acceptors (Lipinski definition) is 4. The maximum absolute atomic E-state index is 11.9. The number of ether oxygens (including phenoxy) is 1. The van der Waals surface area contributed by atoms with Crippen LogP contribution in [0.2, 0.25) is 0 Å². The van der Waals surface area contributed by atoms with Crippen molar-refractivity contribution in [3.63, 3.8) is 0 Å². The monoisotopic (exact) mass is 278 g/mol. The Hall–Kier alpha value is -0.805. The first kappa shape index (κ1) is 14.1. The molecule has 2 saturated heterocycles. The predicted molar refractivity (Wildman–Crippen MR) is 76.0 cm³/mol. The van der Waals surface area contributed by atoms with Gasteiger partial charge in [-0.15, -0.1) is 0 Å². The first-order valence-corrected chi connectivity index (χ1v) is 7.48. The Balaban J connectivity index is 1.74. The Morgan fingerprint density at radius 2 is 1.75 bits per heavy atom.